The van der Waals surface area contributed by atoms with E-state index in [1.165, 1.54) is 44.1 Å². The summed E-state index contributed by atoms with van der Waals surface area (Å²) in [6, 6.07) is 7.43. The van der Waals surface area contributed by atoms with Crippen molar-refractivity contribution in [2.24, 2.45) is 29.6 Å². The molecule has 2 heteroatoms. The van der Waals surface area contributed by atoms with Gasteiger partial charge in [-0.25, -0.2) is 8.78 Å². The molecule has 0 bridgehead atoms. The molecule has 1 aromatic carbocycles. The molecule has 0 radical (unpaired) electrons. The van der Waals surface area contributed by atoms with E-state index in [9.17, 15) is 8.78 Å². The molecule has 0 N–H and O–H groups in total. The molecule has 2 aliphatic rings. The molecule has 30 heavy (non-hydrogen) atoms. The summed E-state index contributed by atoms with van der Waals surface area (Å²) >= 11 is 0. The van der Waals surface area contributed by atoms with Gasteiger partial charge in [-0.3, -0.25) is 0 Å². The van der Waals surface area contributed by atoms with Crippen molar-refractivity contribution in [1.82, 2.24) is 0 Å². The Labute approximate surface area is 183 Å². The number of hydrogen-bond acceptors (Lipinski definition) is 0. The highest BCUT2D eigenvalue weighted by Crippen LogP contribution is 2.44. The number of benzene rings is 1. The van der Waals surface area contributed by atoms with Gasteiger partial charge in [-0.05, 0) is 74.2 Å². The van der Waals surface area contributed by atoms with Crippen LogP contribution in [0.5, 0.6) is 0 Å². The quantitative estimate of drug-likeness (QED) is 0.396. The van der Waals surface area contributed by atoms with Crippen LogP contribution in [0.4, 0.5) is 8.78 Å². The number of rotatable bonds is 8. The largest absolute Gasteiger partial charge is 0.208 e. The molecule has 1 atom stereocenters. The van der Waals surface area contributed by atoms with Crippen LogP contribution in [-0.4, -0.2) is 0 Å². The third-order valence-electron chi connectivity index (χ3n) is 8.08. The maximum atomic E-state index is 14.9. The van der Waals surface area contributed by atoms with Crippen molar-refractivity contribution >= 4 is 5.83 Å². The van der Waals surface area contributed by atoms with Gasteiger partial charge in [0.2, 0.25) is 0 Å². The molecule has 0 aromatic heterocycles. The van der Waals surface area contributed by atoms with E-state index in [4.69, 9.17) is 0 Å². The van der Waals surface area contributed by atoms with Crippen LogP contribution in [0.2, 0.25) is 0 Å². The first-order valence-electron chi connectivity index (χ1n) is 12.7. The lowest BCUT2D eigenvalue weighted by Crippen LogP contribution is -2.26. The molecular weight excluding hydrogens is 374 g/mol. The van der Waals surface area contributed by atoms with E-state index in [0.29, 0.717) is 11.5 Å². The van der Waals surface area contributed by atoms with Crippen LogP contribution in [-0.2, 0) is 6.42 Å². The molecule has 0 spiro atoms. The Hall–Kier alpha value is -1.18. The van der Waals surface area contributed by atoms with E-state index in [0.717, 1.165) is 56.3 Å². The Bertz CT molecular complexity index is 658. The highest BCUT2D eigenvalue weighted by molar-refractivity contribution is 5.61. The first kappa shape index (κ1) is 23.5. The zero-order valence-corrected chi connectivity index (χ0v) is 19.4. The maximum Gasteiger partial charge on any atom is 0.162 e. The monoisotopic (exact) mass is 416 g/mol. The molecule has 0 unspecified atom stereocenters. The number of hydrogen-bond donors (Lipinski definition) is 0. The van der Waals surface area contributed by atoms with Crippen molar-refractivity contribution in [3.63, 3.8) is 0 Å². The topological polar surface area (TPSA) is 0 Å². The van der Waals surface area contributed by atoms with Crippen molar-refractivity contribution in [3.05, 3.63) is 41.2 Å². The standard InChI is InChI=1S/C28H42F2/c1-4-6-21-7-11-23(12-8-21)24-15-17-26(18-16-24)28(30)27(29)25-13-9-22(10-14-25)19-20(3)5-2/h9-10,13-14,20-21,23-24,26H,4-8,11-12,15-19H2,1-3H3/b28-27+/t20-,21?,23?,24?,26?/m0/s1. The van der Waals surface area contributed by atoms with Gasteiger partial charge in [-0.2, -0.15) is 0 Å². The minimum Gasteiger partial charge on any atom is -0.208 e. The number of halogens is 2. The average molecular weight is 417 g/mol. The summed E-state index contributed by atoms with van der Waals surface area (Å²) in [6.45, 7) is 6.69. The second kappa shape index (κ2) is 11.4. The zero-order chi connectivity index (χ0) is 21.5. The van der Waals surface area contributed by atoms with E-state index >= 15 is 0 Å². The Morgan fingerprint density at radius 3 is 1.97 bits per heavy atom. The minimum atomic E-state index is -0.631. The van der Waals surface area contributed by atoms with E-state index in [1.54, 1.807) is 12.1 Å². The predicted molar refractivity (Wildman–Crippen MR) is 125 cm³/mol. The summed E-state index contributed by atoms with van der Waals surface area (Å²) in [5.74, 6) is 1.76. The van der Waals surface area contributed by atoms with E-state index < -0.39 is 11.7 Å². The smallest absolute Gasteiger partial charge is 0.162 e. The van der Waals surface area contributed by atoms with Gasteiger partial charge in [0.25, 0.3) is 0 Å². The van der Waals surface area contributed by atoms with Crippen molar-refractivity contribution in [2.75, 3.05) is 0 Å². The van der Waals surface area contributed by atoms with Crippen molar-refractivity contribution < 1.29 is 8.78 Å². The van der Waals surface area contributed by atoms with Gasteiger partial charge in [0.05, 0.1) is 0 Å². The fourth-order valence-corrected chi connectivity index (χ4v) is 5.85. The fraction of sp³-hybridized carbons (Fsp3) is 0.714. The molecule has 2 aliphatic carbocycles. The van der Waals surface area contributed by atoms with Crippen LogP contribution in [0, 0.1) is 29.6 Å². The Morgan fingerprint density at radius 1 is 0.867 bits per heavy atom. The maximum absolute atomic E-state index is 14.9. The van der Waals surface area contributed by atoms with Gasteiger partial charge in [0.1, 0.15) is 5.83 Å². The second-order valence-corrected chi connectivity index (χ2v) is 10.3. The Kier molecular flexibility index (Phi) is 8.96. The van der Waals surface area contributed by atoms with Crippen LogP contribution in [0.15, 0.2) is 30.1 Å². The molecule has 0 amide bonds. The molecule has 0 nitrogen and oxygen atoms in total. The first-order chi connectivity index (χ1) is 14.5. The molecule has 168 valence electrons. The summed E-state index contributed by atoms with van der Waals surface area (Å²) in [5.41, 5.74) is 1.60. The summed E-state index contributed by atoms with van der Waals surface area (Å²) in [5, 5.41) is 0. The van der Waals surface area contributed by atoms with E-state index in [2.05, 4.69) is 20.8 Å². The fourth-order valence-electron chi connectivity index (χ4n) is 5.85. The van der Waals surface area contributed by atoms with Gasteiger partial charge in [-0.1, -0.05) is 77.1 Å². The van der Waals surface area contributed by atoms with E-state index in [1.807, 2.05) is 12.1 Å². The molecule has 0 aliphatic heterocycles. The van der Waals surface area contributed by atoms with Gasteiger partial charge in [0, 0.05) is 11.5 Å². The summed E-state index contributed by atoms with van der Waals surface area (Å²) in [6.07, 6.45) is 14.1. The zero-order valence-electron chi connectivity index (χ0n) is 19.4. The molecule has 0 heterocycles. The summed E-state index contributed by atoms with van der Waals surface area (Å²) in [7, 11) is 0. The highest BCUT2D eigenvalue weighted by Gasteiger charge is 2.32. The lowest BCUT2D eigenvalue weighted by atomic mass is 9.68. The molecule has 0 saturated heterocycles. The van der Waals surface area contributed by atoms with Crippen LogP contribution in [0.25, 0.3) is 5.83 Å². The SMILES string of the molecule is CCCC1CCC(C2CCC(/C(F)=C(\F)c3ccc(C[C@@H](C)CC)cc3)CC2)CC1. The van der Waals surface area contributed by atoms with Crippen LogP contribution < -0.4 is 0 Å². The Balaban J connectivity index is 1.52. The summed E-state index contributed by atoms with van der Waals surface area (Å²) < 4.78 is 29.8. The average Bonchev–Trinajstić information content (AvgIpc) is 2.79. The van der Waals surface area contributed by atoms with Crippen molar-refractivity contribution in [3.8, 4) is 0 Å². The minimum absolute atomic E-state index is 0.225. The normalized spacial score (nSPS) is 29.4. The molecule has 2 fully saturated rings. The third-order valence-corrected chi connectivity index (χ3v) is 8.08. The van der Waals surface area contributed by atoms with E-state index in [-0.39, 0.29) is 5.92 Å². The van der Waals surface area contributed by atoms with Gasteiger partial charge < -0.3 is 0 Å². The van der Waals surface area contributed by atoms with Gasteiger partial charge in [0.15, 0.2) is 5.83 Å². The lowest BCUT2D eigenvalue weighted by Gasteiger charge is -2.37. The predicted octanol–water partition coefficient (Wildman–Crippen LogP) is 9.30. The number of allylic oxidation sites excluding steroid dienone is 1. The van der Waals surface area contributed by atoms with Gasteiger partial charge in [-0.15, -0.1) is 0 Å². The van der Waals surface area contributed by atoms with Gasteiger partial charge >= 0.3 is 0 Å². The molecule has 3 rings (SSSR count). The van der Waals surface area contributed by atoms with Crippen LogP contribution >= 0.6 is 0 Å². The molecule has 2 saturated carbocycles. The molecule has 1 aromatic rings. The highest BCUT2D eigenvalue weighted by atomic mass is 19.2. The lowest BCUT2D eigenvalue weighted by molar-refractivity contribution is 0.145. The van der Waals surface area contributed by atoms with Crippen LogP contribution in [0.1, 0.15) is 103 Å². The van der Waals surface area contributed by atoms with Crippen LogP contribution in [0.3, 0.4) is 0 Å². The Morgan fingerprint density at radius 2 is 1.43 bits per heavy atom. The summed E-state index contributed by atoms with van der Waals surface area (Å²) in [4.78, 5) is 0. The second-order valence-electron chi connectivity index (χ2n) is 10.3. The van der Waals surface area contributed by atoms with Crippen molar-refractivity contribution in [2.45, 2.75) is 97.8 Å². The first-order valence-corrected chi connectivity index (χ1v) is 12.7. The third kappa shape index (κ3) is 6.17. The van der Waals surface area contributed by atoms with Crippen molar-refractivity contribution in [1.29, 1.82) is 0 Å². The molecular formula is C28H42F2.